The van der Waals surface area contributed by atoms with E-state index in [9.17, 15) is 4.79 Å². The minimum atomic E-state index is -0.444. The molecule has 1 aliphatic rings. The molecule has 1 amide bonds. The average Bonchev–Trinajstić information content (AvgIpc) is 2.88. The molecule has 1 aromatic heterocycles. The number of hydrogen-bond donors (Lipinski definition) is 0. The molecule has 0 unspecified atom stereocenters. The molecule has 0 radical (unpaired) electrons. The first-order valence-electron chi connectivity index (χ1n) is 6.66. The van der Waals surface area contributed by atoms with Crippen molar-refractivity contribution in [1.82, 2.24) is 4.90 Å². The van der Waals surface area contributed by atoms with Gasteiger partial charge in [-0.25, -0.2) is 4.79 Å². The zero-order valence-electron chi connectivity index (χ0n) is 12.1. The van der Waals surface area contributed by atoms with Crippen LogP contribution in [0.25, 0.3) is 0 Å². The van der Waals surface area contributed by atoms with E-state index in [0.29, 0.717) is 13.1 Å². The lowest BCUT2D eigenvalue weighted by Gasteiger charge is -2.28. The molecule has 0 N–H and O–H groups in total. The molecule has 0 aromatic carbocycles. The third-order valence-electron chi connectivity index (χ3n) is 2.73. The Morgan fingerprint density at radius 1 is 1.40 bits per heavy atom. The fourth-order valence-electron chi connectivity index (χ4n) is 1.77. The summed E-state index contributed by atoms with van der Waals surface area (Å²) in [7, 11) is 0. The van der Waals surface area contributed by atoms with Crippen LogP contribution in [0.5, 0.6) is 0 Å². The van der Waals surface area contributed by atoms with Gasteiger partial charge in [-0.2, -0.15) is 0 Å². The molecule has 2 rings (SSSR count). The summed E-state index contributed by atoms with van der Waals surface area (Å²) in [5.41, 5.74) is 0.651. The maximum Gasteiger partial charge on any atom is 0.410 e. The molecule has 1 aromatic rings. The number of thiophene rings is 1. The molecule has 3 nitrogen and oxygen atoms in total. The first-order chi connectivity index (χ1) is 9.44. The van der Waals surface area contributed by atoms with E-state index in [4.69, 9.17) is 4.74 Å². The summed E-state index contributed by atoms with van der Waals surface area (Å²) in [6.07, 6.45) is 2.55. The summed E-state index contributed by atoms with van der Waals surface area (Å²) in [4.78, 5) is 14.7. The number of ether oxygens (including phenoxy) is 1. The van der Waals surface area contributed by atoms with E-state index < -0.39 is 5.60 Å². The molecule has 0 atom stereocenters. The van der Waals surface area contributed by atoms with E-state index in [1.54, 1.807) is 16.2 Å². The van der Waals surface area contributed by atoms with Crippen molar-refractivity contribution in [3.63, 3.8) is 0 Å². The van der Waals surface area contributed by atoms with E-state index in [2.05, 4.69) is 11.8 Å². The van der Waals surface area contributed by atoms with Gasteiger partial charge in [-0.05, 0) is 38.6 Å². The van der Waals surface area contributed by atoms with Crippen LogP contribution in [0.4, 0.5) is 4.79 Å². The zero-order chi connectivity index (χ0) is 14.6. The molecule has 0 spiro atoms. The van der Waals surface area contributed by atoms with Crippen molar-refractivity contribution < 1.29 is 9.53 Å². The van der Waals surface area contributed by atoms with Gasteiger partial charge in [-0.15, -0.1) is 11.3 Å². The Hall–Kier alpha value is -1.73. The third kappa shape index (κ3) is 4.43. The highest BCUT2D eigenvalue weighted by Crippen LogP contribution is 2.15. The Morgan fingerprint density at radius 2 is 2.20 bits per heavy atom. The van der Waals surface area contributed by atoms with E-state index in [1.807, 2.05) is 44.4 Å². The number of carbonyl (C=O) groups is 1. The number of rotatable bonds is 0. The number of nitrogens with zero attached hydrogens (tertiary/aromatic N) is 1. The minimum Gasteiger partial charge on any atom is -0.444 e. The highest BCUT2D eigenvalue weighted by atomic mass is 32.1. The second-order valence-electron chi connectivity index (χ2n) is 5.63. The summed E-state index contributed by atoms with van der Waals surface area (Å²) >= 11 is 1.64. The fraction of sp³-hybridized carbons (Fsp3) is 0.438. The first-order valence-corrected chi connectivity index (χ1v) is 7.54. The van der Waals surface area contributed by atoms with Crippen LogP contribution in [0.15, 0.2) is 29.2 Å². The topological polar surface area (TPSA) is 29.5 Å². The lowest BCUT2D eigenvalue weighted by Crippen LogP contribution is -2.39. The van der Waals surface area contributed by atoms with Crippen LogP contribution in [-0.4, -0.2) is 29.7 Å². The minimum absolute atomic E-state index is 0.251. The average molecular weight is 289 g/mol. The monoisotopic (exact) mass is 289 g/mol. The second-order valence-corrected chi connectivity index (χ2v) is 6.58. The normalized spacial score (nSPS) is 15.2. The Kier molecular flexibility index (Phi) is 4.51. The molecular formula is C16H19NO2S. The molecule has 0 fully saturated rings. The van der Waals surface area contributed by atoms with Crippen LogP contribution in [-0.2, 0) is 4.74 Å². The second kappa shape index (κ2) is 6.15. The summed E-state index contributed by atoms with van der Waals surface area (Å²) < 4.78 is 5.35. The third-order valence-corrected chi connectivity index (χ3v) is 3.51. The van der Waals surface area contributed by atoms with Gasteiger partial charge >= 0.3 is 6.09 Å². The van der Waals surface area contributed by atoms with Gasteiger partial charge in [0.2, 0.25) is 0 Å². The Balaban J connectivity index is 1.92. The van der Waals surface area contributed by atoms with Crippen LogP contribution >= 0.6 is 11.3 Å². The van der Waals surface area contributed by atoms with Crippen LogP contribution in [0.2, 0.25) is 0 Å². The van der Waals surface area contributed by atoms with Gasteiger partial charge in [0, 0.05) is 18.7 Å². The van der Waals surface area contributed by atoms with Gasteiger partial charge < -0.3 is 9.64 Å². The molecule has 1 aliphatic heterocycles. The van der Waals surface area contributed by atoms with Gasteiger partial charge in [0.05, 0.1) is 4.88 Å². The lowest BCUT2D eigenvalue weighted by atomic mass is 10.1. The van der Waals surface area contributed by atoms with Crippen molar-refractivity contribution in [2.45, 2.75) is 32.8 Å². The summed E-state index contributed by atoms with van der Waals surface area (Å²) in [6, 6.07) is 4.00. The highest BCUT2D eigenvalue weighted by molar-refractivity contribution is 7.10. The molecule has 0 bridgehead atoms. The van der Waals surface area contributed by atoms with Crippen molar-refractivity contribution in [3.05, 3.63) is 34.0 Å². The summed E-state index contributed by atoms with van der Waals surface area (Å²) in [6.45, 7) is 6.87. The van der Waals surface area contributed by atoms with Crippen molar-refractivity contribution in [1.29, 1.82) is 0 Å². The molecule has 20 heavy (non-hydrogen) atoms. The molecule has 0 saturated heterocycles. The first kappa shape index (κ1) is 14.7. The Morgan fingerprint density at radius 3 is 2.75 bits per heavy atom. The van der Waals surface area contributed by atoms with Crippen LogP contribution in [0.1, 0.15) is 32.1 Å². The van der Waals surface area contributed by atoms with E-state index in [-0.39, 0.29) is 6.09 Å². The van der Waals surface area contributed by atoms with E-state index in [0.717, 1.165) is 16.9 Å². The molecule has 106 valence electrons. The lowest BCUT2D eigenvalue weighted by molar-refractivity contribution is 0.0267. The van der Waals surface area contributed by atoms with Crippen LogP contribution in [0.3, 0.4) is 0 Å². The Labute approximate surface area is 124 Å². The van der Waals surface area contributed by atoms with Gasteiger partial charge in [0.1, 0.15) is 5.60 Å². The smallest absolute Gasteiger partial charge is 0.410 e. The van der Waals surface area contributed by atoms with Gasteiger partial charge in [0.25, 0.3) is 0 Å². The summed E-state index contributed by atoms with van der Waals surface area (Å²) in [5, 5.41) is 2.02. The fourth-order valence-corrected chi connectivity index (χ4v) is 2.34. The number of carbonyl (C=O) groups excluding carboxylic acids is 1. The Bertz CT molecular complexity index is 556. The summed E-state index contributed by atoms with van der Waals surface area (Å²) in [5.74, 6) is 6.32. The van der Waals surface area contributed by atoms with Gasteiger partial charge in [0.15, 0.2) is 0 Å². The zero-order valence-corrected chi connectivity index (χ0v) is 12.9. The molecular weight excluding hydrogens is 270 g/mol. The highest BCUT2D eigenvalue weighted by Gasteiger charge is 2.23. The van der Waals surface area contributed by atoms with E-state index >= 15 is 0 Å². The quantitative estimate of drug-likeness (QED) is 0.682. The van der Waals surface area contributed by atoms with Gasteiger partial charge in [-0.3, -0.25) is 0 Å². The van der Waals surface area contributed by atoms with Crippen LogP contribution in [0, 0.1) is 11.8 Å². The van der Waals surface area contributed by atoms with Gasteiger partial charge in [-0.1, -0.05) is 24.0 Å². The largest absolute Gasteiger partial charge is 0.444 e. The number of amides is 1. The standard InChI is InChI=1S/C16H19NO2S/c1-16(2,3)19-15(18)17-10-8-13(9-11-17)6-7-14-5-4-12-20-14/h4-5,8,12H,9-11H2,1-3H3. The van der Waals surface area contributed by atoms with Crippen molar-refractivity contribution in [2.24, 2.45) is 0 Å². The maximum absolute atomic E-state index is 11.9. The number of hydrogen-bond acceptors (Lipinski definition) is 3. The van der Waals surface area contributed by atoms with Crippen molar-refractivity contribution in [2.75, 3.05) is 13.1 Å². The predicted octanol–water partition coefficient (Wildman–Crippen LogP) is 3.67. The molecule has 0 aliphatic carbocycles. The predicted molar refractivity (Wildman–Crippen MR) is 81.7 cm³/mol. The SMILES string of the molecule is CC(C)(C)OC(=O)N1CC=C(C#Cc2cccs2)CC1. The van der Waals surface area contributed by atoms with Crippen molar-refractivity contribution >= 4 is 17.4 Å². The van der Waals surface area contributed by atoms with Crippen molar-refractivity contribution in [3.8, 4) is 11.8 Å². The van der Waals surface area contributed by atoms with E-state index in [1.165, 1.54) is 0 Å². The molecule has 4 heteroatoms. The maximum atomic E-state index is 11.9. The molecule has 2 heterocycles. The molecule has 0 saturated carbocycles. The van der Waals surface area contributed by atoms with Crippen LogP contribution < -0.4 is 0 Å².